The Morgan fingerprint density at radius 2 is 2.20 bits per heavy atom. The molecule has 0 aliphatic carbocycles. The highest BCUT2D eigenvalue weighted by atomic mass is 79.9. The predicted molar refractivity (Wildman–Crippen MR) is 83.8 cm³/mol. The van der Waals surface area contributed by atoms with Gasteiger partial charge < -0.3 is 16.4 Å². The van der Waals surface area contributed by atoms with Crippen LogP contribution in [-0.4, -0.2) is 18.4 Å². The molecule has 0 saturated carbocycles. The lowest BCUT2D eigenvalue weighted by Crippen LogP contribution is -2.40. The first-order chi connectivity index (χ1) is 9.47. The number of nitrogen functional groups attached to an aromatic ring is 1. The van der Waals surface area contributed by atoms with Gasteiger partial charge in [0.2, 0.25) is 11.8 Å². The second kappa shape index (κ2) is 6.58. The summed E-state index contributed by atoms with van der Waals surface area (Å²) in [6, 6.07) is 3.72. The number of carbonyl (C=O) groups is 2. The minimum absolute atomic E-state index is 0.0684. The number of carbonyl (C=O) groups excluding carboxylic acids is 2. The van der Waals surface area contributed by atoms with Crippen LogP contribution < -0.4 is 16.4 Å². The summed E-state index contributed by atoms with van der Waals surface area (Å²) in [5, 5.41) is 5.56. The van der Waals surface area contributed by atoms with Crippen molar-refractivity contribution in [2.75, 3.05) is 12.3 Å². The van der Waals surface area contributed by atoms with Crippen LogP contribution in [0.2, 0.25) is 0 Å². The molecule has 1 unspecified atom stereocenters. The Morgan fingerprint density at radius 3 is 2.90 bits per heavy atom. The minimum Gasteiger partial charge on any atom is -0.398 e. The van der Waals surface area contributed by atoms with Crippen LogP contribution >= 0.6 is 31.9 Å². The maximum absolute atomic E-state index is 12.0. The fraction of sp³-hybridized carbons (Fsp3) is 0.385. The lowest BCUT2D eigenvalue weighted by Gasteiger charge is -2.21. The van der Waals surface area contributed by atoms with Gasteiger partial charge >= 0.3 is 0 Å². The predicted octanol–water partition coefficient (Wildman–Crippen LogP) is 1.94. The number of hydrogen-bond donors (Lipinski definition) is 3. The smallest absolute Gasteiger partial charge is 0.223 e. The molecule has 1 aromatic rings. The molecule has 20 heavy (non-hydrogen) atoms. The number of rotatable bonds is 3. The Hall–Kier alpha value is -1.08. The van der Waals surface area contributed by atoms with Crippen LogP contribution in [-0.2, 0) is 16.1 Å². The molecule has 1 heterocycles. The van der Waals surface area contributed by atoms with E-state index in [-0.39, 0.29) is 24.2 Å². The van der Waals surface area contributed by atoms with Crippen LogP contribution in [0.1, 0.15) is 18.4 Å². The summed E-state index contributed by atoms with van der Waals surface area (Å²) in [6.45, 7) is 0.905. The molecule has 7 heteroatoms. The van der Waals surface area contributed by atoms with Gasteiger partial charge in [0.1, 0.15) is 0 Å². The van der Waals surface area contributed by atoms with E-state index in [2.05, 4.69) is 42.5 Å². The third-order valence-electron chi connectivity index (χ3n) is 3.25. The standard InChI is InChI=1S/C13H15Br2N3O2/c14-9-3-8(12(16)10(15)5-9)6-18-13(20)7-1-2-17-11(19)4-7/h3,5,7H,1-2,4,6,16H2,(H,17,19)(H,18,20). The van der Waals surface area contributed by atoms with Gasteiger partial charge in [-0.05, 0) is 40.0 Å². The first kappa shape index (κ1) is 15.3. The van der Waals surface area contributed by atoms with E-state index in [0.717, 1.165) is 14.5 Å². The lowest BCUT2D eigenvalue weighted by molar-refractivity contribution is -0.132. The second-order valence-electron chi connectivity index (χ2n) is 4.72. The highest BCUT2D eigenvalue weighted by Crippen LogP contribution is 2.28. The zero-order valence-electron chi connectivity index (χ0n) is 10.7. The van der Waals surface area contributed by atoms with Crippen molar-refractivity contribution in [2.24, 2.45) is 5.92 Å². The molecule has 1 aliphatic heterocycles. The third-order valence-corrected chi connectivity index (χ3v) is 4.36. The summed E-state index contributed by atoms with van der Waals surface area (Å²) in [5.74, 6) is -0.419. The molecular weight excluding hydrogens is 390 g/mol. The normalized spacial score (nSPS) is 18.5. The van der Waals surface area contributed by atoms with Gasteiger partial charge in [-0.3, -0.25) is 9.59 Å². The molecule has 2 rings (SSSR count). The molecule has 2 amide bonds. The Labute approximate surface area is 133 Å². The number of hydrogen-bond acceptors (Lipinski definition) is 3. The number of halogens is 2. The van der Waals surface area contributed by atoms with E-state index in [1.165, 1.54) is 0 Å². The van der Waals surface area contributed by atoms with Gasteiger partial charge in [0.25, 0.3) is 0 Å². The van der Waals surface area contributed by atoms with E-state index in [9.17, 15) is 9.59 Å². The summed E-state index contributed by atoms with van der Waals surface area (Å²) in [4.78, 5) is 23.3. The number of anilines is 1. The minimum atomic E-state index is -0.249. The molecule has 0 bridgehead atoms. The van der Waals surface area contributed by atoms with Gasteiger partial charge in [0.15, 0.2) is 0 Å². The van der Waals surface area contributed by atoms with Gasteiger partial charge in [0, 0.05) is 34.4 Å². The van der Waals surface area contributed by atoms with E-state index in [4.69, 9.17) is 5.73 Å². The monoisotopic (exact) mass is 403 g/mol. The molecule has 1 atom stereocenters. The molecule has 1 aliphatic rings. The van der Waals surface area contributed by atoms with Crippen molar-refractivity contribution >= 4 is 49.4 Å². The SMILES string of the molecule is Nc1c(Br)cc(Br)cc1CNC(=O)C1CCNC(=O)C1. The number of piperidine rings is 1. The second-order valence-corrected chi connectivity index (χ2v) is 6.49. The topological polar surface area (TPSA) is 84.2 Å². The van der Waals surface area contributed by atoms with Crippen LogP contribution in [0.25, 0.3) is 0 Å². The van der Waals surface area contributed by atoms with Gasteiger partial charge in [-0.15, -0.1) is 0 Å². The summed E-state index contributed by atoms with van der Waals surface area (Å²) in [5.41, 5.74) is 7.39. The first-order valence-electron chi connectivity index (χ1n) is 6.25. The average Bonchev–Trinajstić information content (AvgIpc) is 2.40. The quantitative estimate of drug-likeness (QED) is 0.673. The van der Waals surface area contributed by atoms with Crippen molar-refractivity contribution in [3.8, 4) is 0 Å². The van der Waals surface area contributed by atoms with Gasteiger partial charge in [-0.1, -0.05) is 15.9 Å². The summed E-state index contributed by atoms with van der Waals surface area (Å²) < 4.78 is 1.67. The van der Waals surface area contributed by atoms with Crippen LogP contribution in [0.4, 0.5) is 5.69 Å². The Balaban J connectivity index is 1.98. The maximum Gasteiger partial charge on any atom is 0.223 e. The highest BCUT2D eigenvalue weighted by molar-refractivity contribution is 9.11. The van der Waals surface area contributed by atoms with Crippen molar-refractivity contribution in [3.05, 3.63) is 26.6 Å². The molecule has 0 spiro atoms. The van der Waals surface area contributed by atoms with E-state index in [0.29, 0.717) is 25.2 Å². The van der Waals surface area contributed by atoms with Gasteiger partial charge in [-0.25, -0.2) is 0 Å². The summed E-state index contributed by atoms with van der Waals surface area (Å²) in [6.07, 6.45) is 0.929. The largest absolute Gasteiger partial charge is 0.398 e. The van der Waals surface area contributed by atoms with Gasteiger partial charge in [0.05, 0.1) is 5.69 Å². The van der Waals surface area contributed by atoms with Crippen molar-refractivity contribution in [1.29, 1.82) is 0 Å². The number of nitrogens with two attached hydrogens (primary N) is 1. The average molecular weight is 405 g/mol. The lowest BCUT2D eigenvalue weighted by atomic mass is 9.96. The van der Waals surface area contributed by atoms with Crippen molar-refractivity contribution < 1.29 is 9.59 Å². The van der Waals surface area contributed by atoms with E-state index >= 15 is 0 Å². The number of amides is 2. The molecule has 5 nitrogen and oxygen atoms in total. The zero-order valence-corrected chi connectivity index (χ0v) is 13.9. The Kier molecular flexibility index (Phi) is 5.04. The molecule has 0 radical (unpaired) electrons. The van der Waals surface area contributed by atoms with Crippen molar-refractivity contribution in [1.82, 2.24) is 10.6 Å². The molecule has 4 N–H and O–H groups in total. The molecule has 1 saturated heterocycles. The fourth-order valence-electron chi connectivity index (χ4n) is 2.12. The fourth-order valence-corrected chi connectivity index (χ4v) is 3.43. The summed E-state index contributed by atoms with van der Waals surface area (Å²) in [7, 11) is 0. The van der Waals surface area contributed by atoms with Crippen LogP contribution in [0.5, 0.6) is 0 Å². The van der Waals surface area contributed by atoms with E-state index in [1.54, 1.807) is 0 Å². The zero-order chi connectivity index (χ0) is 14.7. The van der Waals surface area contributed by atoms with Crippen molar-refractivity contribution in [2.45, 2.75) is 19.4 Å². The first-order valence-corrected chi connectivity index (χ1v) is 7.83. The summed E-state index contributed by atoms with van der Waals surface area (Å²) >= 11 is 6.76. The van der Waals surface area contributed by atoms with Crippen molar-refractivity contribution in [3.63, 3.8) is 0 Å². The van der Waals surface area contributed by atoms with Crippen LogP contribution in [0.15, 0.2) is 21.1 Å². The molecule has 1 aromatic carbocycles. The molecular formula is C13H15Br2N3O2. The molecule has 108 valence electrons. The molecule has 0 aromatic heterocycles. The number of benzene rings is 1. The maximum atomic E-state index is 12.0. The third kappa shape index (κ3) is 3.73. The number of nitrogens with one attached hydrogen (secondary N) is 2. The highest BCUT2D eigenvalue weighted by Gasteiger charge is 2.25. The Morgan fingerprint density at radius 1 is 1.45 bits per heavy atom. The van der Waals surface area contributed by atoms with E-state index in [1.807, 2.05) is 12.1 Å². The van der Waals surface area contributed by atoms with Gasteiger partial charge in [-0.2, -0.15) is 0 Å². The Bertz CT molecular complexity index is 549. The van der Waals surface area contributed by atoms with Crippen LogP contribution in [0.3, 0.4) is 0 Å². The molecule has 1 fully saturated rings. The van der Waals surface area contributed by atoms with Crippen LogP contribution in [0, 0.1) is 5.92 Å². The van der Waals surface area contributed by atoms with E-state index < -0.39 is 0 Å².